The van der Waals surface area contributed by atoms with E-state index in [1.54, 1.807) is 24.3 Å². The fraction of sp³-hybridized carbons (Fsp3) is 0.220. The number of carbonyl (C=O) groups is 1. The van der Waals surface area contributed by atoms with Gasteiger partial charge in [0, 0.05) is 23.8 Å². The number of hydrogen-bond acceptors (Lipinski definition) is 3. The first-order valence-corrected chi connectivity index (χ1v) is 16.9. The second kappa shape index (κ2) is 19.9. The molecule has 4 rings (SSSR count). The number of hydrogen-bond donors (Lipinski definition) is 1. The molecule has 1 unspecified atom stereocenters. The molecule has 0 radical (unpaired) electrons. The fourth-order valence-electron chi connectivity index (χ4n) is 4.77. The average molecular weight is 684 g/mol. The predicted molar refractivity (Wildman–Crippen MR) is 203 cm³/mol. The molecule has 0 saturated carbocycles. The van der Waals surface area contributed by atoms with Gasteiger partial charge in [-0.05, 0) is 98.9 Å². The summed E-state index contributed by atoms with van der Waals surface area (Å²) < 4.78 is 8.30. The largest absolute Gasteiger partial charge is 0.486 e. The number of allylic oxidation sites excluding steroid dienone is 17. The molecule has 5 nitrogen and oxygen atoms in total. The van der Waals surface area contributed by atoms with Gasteiger partial charge < -0.3 is 14.4 Å². The number of carboxylic acid groups (broad SMARTS) is 1. The second-order valence-electron chi connectivity index (χ2n) is 10.8. The third kappa shape index (κ3) is 12.2. The van der Waals surface area contributed by atoms with Crippen LogP contribution in [-0.2, 0) is 16.6 Å². The molecule has 0 bridgehead atoms. The van der Waals surface area contributed by atoms with E-state index in [1.807, 2.05) is 112 Å². The Labute approximate surface area is 295 Å². The Morgan fingerprint density at radius 1 is 1.10 bits per heavy atom. The summed E-state index contributed by atoms with van der Waals surface area (Å²) in [6, 6.07) is 5.41. The van der Waals surface area contributed by atoms with Crippen molar-refractivity contribution in [3.63, 3.8) is 0 Å². The van der Waals surface area contributed by atoms with Crippen LogP contribution in [0.1, 0.15) is 52.8 Å². The minimum absolute atomic E-state index is 0.161. The summed E-state index contributed by atoms with van der Waals surface area (Å²) in [7, 11) is 1.96. The fourth-order valence-corrected chi connectivity index (χ4v) is 5.27. The zero-order chi connectivity index (χ0) is 34.9. The third-order valence-electron chi connectivity index (χ3n) is 7.15. The Bertz CT molecular complexity index is 1770. The van der Waals surface area contributed by atoms with Crippen molar-refractivity contribution in [1.29, 1.82) is 0 Å². The minimum Gasteiger partial charge on any atom is -0.486 e. The van der Waals surface area contributed by atoms with Crippen LogP contribution in [0.2, 0.25) is 10.0 Å². The molecule has 0 amide bonds. The SMILES string of the molecule is CC.C\C=C/C(=C\C=C\C1=CC=C(/C=C/c2nc(-c3ccc(Cl)cc3Cl)cn2C)C=CC1)OC1/C=C/C=C\C(C(=O)O)=C/C(C)=C/CC1. The first-order chi connectivity index (χ1) is 23.2. The van der Waals surface area contributed by atoms with Gasteiger partial charge in [0.15, 0.2) is 0 Å². The Balaban J connectivity index is 0.00000307. The van der Waals surface area contributed by atoms with Gasteiger partial charge >= 0.3 is 5.97 Å². The topological polar surface area (TPSA) is 64.4 Å². The molecule has 2 aliphatic rings. The van der Waals surface area contributed by atoms with Crippen LogP contribution in [0, 0.1) is 0 Å². The summed E-state index contributed by atoms with van der Waals surface area (Å²) in [5.74, 6) is 0.613. The van der Waals surface area contributed by atoms with Crippen LogP contribution in [0.4, 0.5) is 0 Å². The smallest absolute Gasteiger partial charge is 0.335 e. The van der Waals surface area contributed by atoms with Crippen molar-refractivity contribution in [2.75, 3.05) is 0 Å². The van der Waals surface area contributed by atoms with E-state index in [0.29, 0.717) is 10.0 Å². The Morgan fingerprint density at radius 2 is 1.92 bits per heavy atom. The molecule has 0 aliphatic heterocycles. The molecule has 48 heavy (non-hydrogen) atoms. The first-order valence-electron chi connectivity index (χ1n) is 16.1. The van der Waals surface area contributed by atoms with Crippen LogP contribution >= 0.6 is 23.2 Å². The van der Waals surface area contributed by atoms with Crippen molar-refractivity contribution in [3.05, 3.63) is 166 Å². The highest BCUT2D eigenvalue weighted by Gasteiger charge is 2.10. The molecule has 2 aromatic rings. The van der Waals surface area contributed by atoms with Gasteiger partial charge in [-0.15, -0.1) is 0 Å². The molecular formula is C41H44Cl2N2O3. The van der Waals surface area contributed by atoms with Crippen molar-refractivity contribution in [2.24, 2.45) is 7.05 Å². The number of aromatic nitrogens is 2. The summed E-state index contributed by atoms with van der Waals surface area (Å²) in [5, 5.41) is 10.6. The van der Waals surface area contributed by atoms with Gasteiger partial charge in [-0.2, -0.15) is 0 Å². The van der Waals surface area contributed by atoms with Crippen molar-refractivity contribution in [3.8, 4) is 11.3 Å². The van der Waals surface area contributed by atoms with E-state index in [1.165, 1.54) is 0 Å². The van der Waals surface area contributed by atoms with Gasteiger partial charge in [0.1, 0.15) is 17.7 Å². The summed E-state index contributed by atoms with van der Waals surface area (Å²) >= 11 is 12.4. The normalized spacial score (nSPS) is 20.8. The van der Waals surface area contributed by atoms with Gasteiger partial charge in [-0.25, -0.2) is 9.78 Å². The average Bonchev–Trinajstić information content (AvgIpc) is 3.25. The van der Waals surface area contributed by atoms with Crippen LogP contribution in [0.5, 0.6) is 0 Å². The van der Waals surface area contributed by atoms with Crippen LogP contribution in [0.3, 0.4) is 0 Å². The number of aliphatic carboxylic acids is 1. The molecule has 2 aliphatic carbocycles. The highest BCUT2D eigenvalue weighted by molar-refractivity contribution is 6.36. The quantitative estimate of drug-likeness (QED) is 0.211. The zero-order valence-corrected chi connectivity index (χ0v) is 29.7. The summed E-state index contributed by atoms with van der Waals surface area (Å²) in [5.41, 5.74) is 5.02. The number of imidazole rings is 1. The second-order valence-corrected chi connectivity index (χ2v) is 11.7. The molecule has 1 aromatic carbocycles. The van der Waals surface area contributed by atoms with Gasteiger partial charge in [-0.1, -0.05) is 109 Å². The predicted octanol–water partition coefficient (Wildman–Crippen LogP) is 11.5. The number of rotatable bonds is 9. The van der Waals surface area contributed by atoms with E-state index in [4.69, 9.17) is 32.9 Å². The van der Waals surface area contributed by atoms with Crippen LogP contribution in [0.15, 0.2) is 150 Å². The summed E-state index contributed by atoms with van der Waals surface area (Å²) in [4.78, 5) is 16.2. The maximum atomic E-state index is 11.5. The lowest BCUT2D eigenvalue weighted by molar-refractivity contribution is -0.132. The molecule has 0 saturated heterocycles. The molecule has 0 spiro atoms. The lowest BCUT2D eigenvalue weighted by Gasteiger charge is -2.16. The van der Waals surface area contributed by atoms with Gasteiger partial charge in [0.2, 0.25) is 0 Å². The van der Waals surface area contributed by atoms with Crippen molar-refractivity contribution in [2.45, 2.75) is 53.1 Å². The number of halogens is 2. The first kappa shape index (κ1) is 37.9. The Hall–Kier alpha value is -4.58. The van der Waals surface area contributed by atoms with Gasteiger partial charge in [0.25, 0.3) is 0 Å². The third-order valence-corrected chi connectivity index (χ3v) is 7.70. The minimum atomic E-state index is -0.947. The monoisotopic (exact) mass is 682 g/mol. The highest BCUT2D eigenvalue weighted by Crippen LogP contribution is 2.30. The van der Waals surface area contributed by atoms with E-state index < -0.39 is 5.97 Å². The zero-order valence-electron chi connectivity index (χ0n) is 28.2. The van der Waals surface area contributed by atoms with Crippen LogP contribution in [0.25, 0.3) is 17.3 Å². The number of ether oxygens (including phenoxy) is 1. The number of aryl methyl sites for hydroxylation is 1. The van der Waals surface area contributed by atoms with Gasteiger partial charge in [0.05, 0.1) is 16.3 Å². The van der Waals surface area contributed by atoms with E-state index in [9.17, 15) is 9.90 Å². The molecule has 7 heteroatoms. The van der Waals surface area contributed by atoms with E-state index in [0.717, 1.165) is 58.8 Å². The van der Waals surface area contributed by atoms with E-state index >= 15 is 0 Å². The van der Waals surface area contributed by atoms with Crippen molar-refractivity contribution >= 4 is 35.2 Å². The highest BCUT2D eigenvalue weighted by atomic mass is 35.5. The molecule has 250 valence electrons. The Kier molecular flexibility index (Phi) is 15.7. The number of benzene rings is 1. The maximum Gasteiger partial charge on any atom is 0.335 e. The molecule has 1 aromatic heterocycles. The van der Waals surface area contributed by atoms with Gasteiger partial charge in [-0.3, -0.25) is 0 Å². The maximum absolute atomic E-state index is 11.5. The molecular weight excluding hydrogens is 639 g/mol. The van der Waals surface area contributed by atoms with Crippen LogP contribution in [-0.4, -0.2) is 26.7 Å². The molecule has 1 heterocycles. The summed E-state index contributed by atoms with van der Waals surface area (Å²) in [6.07, 6.45) is 37.4. The lowest BCUT2D eigenvalue weighted by Crippen LogP contribution is -2.08. The number of nitrogens with zero attached hydrogens (tertiary/aromatic N) is 2. The summed E-state index contributed by atoms with van der Waals surface area (Å²) in [6.45, 7) is 7.87. The van der Waals surface area contributed by atoms with Crippen molar-refractivity contribution in [1.82, 2.24) is 9.55 Å². The molecule has 0 fully saturated rings. The number of carboxylic acids is 1. The van der Waals surface area contributed by atoms with E-state index in [-0.39, 0.29) is 11.7 Å². The lowest BCUT2D eigenvalue weighted by atomic mass is 10.1. The van der Waals surface area contributed by atoms with Crippen molar-refractivity contribution < 1.29 is 14.6 Å². The molecule has 1 N–H and O–H groups in total. The van der Waals surface area contributed by atoms with E-state index in [2.05, 4.69) is 30.4 Å². The Morgan fingerprint density at radius 3 is 2.67 bits per heavy atom. The van der Waals surface area contributed by atoms with Crippen LogP contribution < -0.4 is 0 Å². The standard InChI is InChI=1S/C39H38Cl2N2O3.C2H6/c1-4-10-33(46-34-16-6-5-15-31(39(44)45)25-28(2)11-7-17-34)18-9-14-29-12-8-13-30(20-19-29)21-24-38-42-37(27-43(38)3)35-23-22-32(40)26-36(35)41;1-2/h4-6,8-11,13-16,18-27,34H,7,12,17H2,1-3H3,(H,44,45);1-2H3/b10-4-,14-9+,15-5-,16-6+,24-21+,28-11+,31-25+,33-18+;. The molecule has 1 atom stereocenters.